The summed E-state index contributed by atoms with van der Waals surface area (Å²) in [7, 11) is 1.67. The quantitative estimate of drug-likeness (QED) is 0.814. The van der Waals surface area contributed by atoms with Gasteiger partial charge in [-0.1, -0.05) is 0 Å². The lowest BCUT2D eigenvalue weighted by atomic mass is 10.1. The van der Waals surface area contributed by atoms with Gasteiger partial charge in [0.2, 0.25) is 0 Å². The lowest BCUT2D eigenvalue weighted by molar-refractivity contribution is -0.139. The zero-order valence-corrected chi connectivity index (χ0v) is 12.0. The number of pyridine rings is 1. The van der Waals surface area contributed by atoms with E-state index in [1.165, 1.54) is 17.1 Å². The number of amides is 1. The SMILES string of the molecule is Cn1cc(C(NC(=O)c2ccc(Br)nc2)C(=O)O)cn1. The second-order valence-electron chi connectivity index (χ2n) is 4.06. The van der Waals surface area contributed by atoms with Crippen molar-refractivity contribution in [2.75, 3.05) is 0 Å². The third-order valence-corrected chi connectivity index (χ3v) is 3.04. The minimum absolute atomic E-state index is 0.281. The number of nitrogens with one attached hydrogen (secondary N) is 1. The maximum Gasteiger partial charge on any atom is 0.331 e. The molecule has 0 aromatic carbocycles. The second kappa shape index (κ2) is 5.83. The van der Waals surface area contributed by atoms with Crippen LogP contribution in [0.4, 0.5) is 0 Å². The molecule has 1 amide bonds. The summed E-state index contributed by atoms with van der Waals surface area (Å²) in [6.45, 7) is 0. The van der Waals surface area contributed by atoms with E-state index in [1.54, 1.807) is 25.4 Å². The van der Waals surface area contributed by atoms with Crippen LogP contribution in [-0.2, 0) is 11.8 Å². The summed E-state index contributed by atoms with van der Waals surface area (Å²) in [6.07, 6.45) is 4.30. The Kier molecular flexibility index (Phi) is 4.14. The van der Waals surface area contributed by atoms with E-state index < -0.39 is 17.9 Å². The van der Waals surface area contributed by atoms with Crippen LogP contribution in [0, 0.1) is 0 Å². The van der Waals surface area contributed by atoms with Crippen LogP contribution in [0.1, 0.15) is 22.0 Å². The molecule has 0 radical (unpaired) electrons. The van der Waals surface area contributed by atoms with E-state index in [0.717, 1.165) is 0 Å². The van der Waals surface area contributed by atoms with Crippen molar-refractivity contribution in [1.29, 1.82) is 0 Å². The van der Waals surface area contributed by atoms with E-state index in [4.69, 9.17) is 0 Å². The Morgan fingerprint density at radius 1 is 1.40 bits per heavy atom. The Morgan fingerprint density at radius 3 is 2.65 bits per heavy atom. The highest BCUT2D eigenvalue weighted by Crippen LogP contribution is 2.13. The maximum absolute atomic E-state index is 12.0. The molecule has 2 aromatic rings. The summed E-state index contributed by atoms with van der Waals surface area (Å²) < 4.78 is 2.06. The first-order valence-corrected chi connectivity index (χ1v) is 6.40. The first-order chi connectivity index (χ1) is 9.47. The summed E-state index contributed by atoms with van der Waals surface area (Å²) in [5, 5.41) is 15.5. The molecule has 104 valence electrons. The molecule has 1 unspecified atom stereocenters. The van der Waals surface area contributed by atoms with Crippen LogP contribution in [0.25, 0.3) is 0 Å². The van der Waals surface area contributed by atoms with Gasteiger partial charge in [-0.15, -0.1) is 0 Å². The van der Waals surface area contributed by atoms with Crippen molar-refractivity contribution in [3.8, 4) is 0 Å². The molecule has 2 aromatic heterocycles. The molecule has 0 bridgehead atoms. The molecule has 0 saturated heterocycles. The summed E-state index contributed by atoms with van der Waals surface area (Å²) in [4.78, 5) is 27.2. The normalized spacial score (nSPS) is 11.9. The smallest absolute Gasteiger partial charge is 0.331 e. The number of aliphatic carboxylic acids is 1. The third-order valence-electron chi connectivity index (χ3n) is 2.57. The lowest BCUT2D eigenvalue weighted by Crippen LogP contribution is -2.33. The number of halogens is 1. The van der Waals surface area contributed by atoms with Gasteiger partial charge in [-0.05, 0) is 28.1 Å². The molecule has 20 heavy (non-hydrogen) atoms. The molecule has 0 aliphatic heterocycles. The Morgan fingerprint density at radius 2 is 2.15 bits per heavy atom. The number of carboxylic acids is 1. The minimum atomic E-state index is -1.16. The van der Waals surface area contributed by atoms with Gasteiger partial charge in [-0.3, -0.25) is 9.48 Å². The highest BCUT2D eigenvalue weighted by molar-refractivity contribution is 9.10. The van der Waals surface area contributed by atoms with Crippen molar-refractivity contribution in [3.63, 3.8) is 0 Å². The number of nitrogens with zero attached hydrogens (tertiary/aromatic N) is 3. The molecule has 8 heteroatoms. The summed E-state index contributed by atoms with van der Waals surface area (Å²) in [5.74, 6) is -1.67. The van der Waals surface area contributed by atoms with Gasteiger partial charge in [0.25, 0.3) is 5.91 Å². The number of aryl methyl sites for hydroxylation is 1. The average molecular weight is 339 g/mol. The van der Waals surface area contributed by atoms with Crippen molar-refractivity contribution in [3.05, 3.63) is 46.5 Å². The van der Waals surface area contributed by atoms with Crippen LogP contribution in [0.15, 0.2) is 35.3 Å². The molecule has 2 N–H and O–H groups in total. The summed E-state index contributed by atoms with van der Waals surface area (Å²) >= 11 is 3.16. The van der Waals surface area contributed by atoms with Gasteiger partial charge >= 0.3 is 5.97 Å². The van der Waals surface area contributed by atoms with Crippen LogP contribution in [0.5, 0.6) is 0 Å². The van der Waals surface area contributed by atoms with E-state index in [0.29, 0.717) is 10.2 Å². The molecule has 0 aliphatic rings. The molecule has 0 aliphatic carbocycles. The van der Waals surface area contributed by atoms with Gasteiger partial charge in [0.1, 0.15) is 4.60 Å². The number of carbonyl (C=O) groups is 2. The number of carboxylic acid groups (broad SMARTS) is 1. The van der Waals surface area contributed by atoms with Crippen molar-refractivity contribution >= 4 is 27.8 Å². The predicted octanol–water partition coefficient (Wildman–Crippen LogP) is 1.13. The van der Waals surface area contributed by atoms with Crippen LogP contribution in [-0.4, -0.2) is 31.7 Å². The van der Waals surface area contributed by atoms with E-state index >= 15 is 0 Å². The number of carbonyl (C=O) groups excluding carboxylic acids is 1. The van der Waals surface area contributed by atoms with E-state index in [-0.39, 0.29) is 5.56 Å². The molecule has 1 atom stereocenters. The Labute approximate surface area is 122 Å². The van der Waals surface area contributed by atoms with Gasteiger partial charge in [0, 0.05) is 25.0 Å². The highest BCUT2D eigenvalue weighted by Gasteiger charge is 2.24. The molecule has 0 fully saturated rings. The molecule has 2 rings (SSSR count). The molecular formula is C12H11BrN4O3. The summed E-state index contributed by atoms with van der Waals surface area (Å²) in [5.41, 5.74) is 0.682. The third kappa shape index (κ3) is 3.21. The zero-order valence-electron chi connectivity index (χ0n) is 10.4. The number of hydrogen-bond donors (Lipinski definition) is 2. The standard InChI is InChI=1S/C12H11BrN4O3/c1-17-6-8(5-15-17)10(12(19)20)16-11(18)7-2-3-9(13)14-4-7/h2-6,10H,1H3,(H,16,18)(H,19,20). The molecule has 7 nitrogen and oxygen atoms in total. The topological polar surface area (TPSA) is 97.1 Å². The van der Waals surface area contributed by atoms with Gasteiger partial charge in [-0.25, -0.2) is 9.78 Å². The first kappa shape index (κ1) is 14.2. The number of hydrogen-bond acceptors (Lipinski definition) is 4. The van der Waals surface area contributed by atoms with E-state index in [9.17, 15) is 14.7 Å². The molecule has 0 spiro atoms. The van der Waals surface area contributed by atoms with Crippen LogP contribution < -0.4 is 5.32 Å². The Hall–Kier alpha value is -2.22. The fourth-order valence-corrected chi connectivity index (χ4v) is 1.84. The Balaban J connectivity index is 2.18. The first-order valence-electron chi connectivity index (χ1n) is 5.61. The van der Waals surface area contributed by atoms with E-state index in [1.807, 2.05) is 0 Å². The van der Waals surface area contributed by atoms with Crippen molar-refractivity contribution < 1.29 is 14.7 Å². The fraction of sp³-hybridized carbons (Fsp3) is 0.167. The lowest BCUT2D eigenvalue weighted by Gasteiger charge is -2.12. The predicted molar refractivity (Wildman–Crippen MR) is 73.0 cm³/mol. The van der Waals surface area contributed by atoms with E-state index in [2.05, 4.69) is 31.3 Å². The van der Waals surface area contributed by atoms with Crippen molar-refractivity contribution in [2.24, 2.45) is 7.05 Å². The van der Waals surface area contributed by atoms with Crippen LogP contribution in [0.2, 0.25) is 0 Å². The van der Waals surface area contributed by atoms with Crippen molar-refractivity contribution in [2.45, 2.75) is 6.04 Å². The number of aromatic nitrogens is 3. The van der Waals surface area contributed by atoms with Crippen LogP contribution >= 0.6 is 15.9 Å². The highest BCUT2D eigenvalue weighted by atomic mass is 79.9. The van der Waals surface area contributed by atoms with Gasteiger partial charge in [0.15, 0.2) is 6.04 Å². The minimum Gasteiger partial charge on any atom is -0.479 e. The largest absolute Gasteiger partial charge is 0.479 e. The van der Waals surface area contributed by atoms with Gasteiger partial charge in [0.05, 0.1) is 11.8 Å². The zero-order chi connectivity index (χ0) is 14.7. The van der Waals surface area contributed by atoms with Crippen molar-refractivity contribution in [1.82, 2.24) is 20.1 Å². The Bertz CT molecular complexity index is 638. The monoisotopic (exact) mass is 338 g/mol. The fourth-order valence-electron chi connectivity index (χ4n) is 1.60. The molecule has 0 saturated carbocycles. The van der Waals surface area contributed by atoms with Crippen LogP contribution in [0.3, 0.4) is 0 Å². The summed E-state index contributed by atoms with van der Waals surface area (Å²) in [6, 6.07) is 2.00. The molecular weight excluding hydrogens is 328 g/mol. The van der Waals surface area contributed by atoms with Gasteiger partial charge < -0.3 is 10.4 Å². The number of rotatable bonds is 4. The van der Waals surface area contributed by atoms with Gasteiger partial charge in [-0.2, -0.15) is 5.10 Å². The maximum atomic E-state index is 12.0. The average Bonchev–Trinajstić information content (AvgIpc) is 2.82. The second-order valence-corrected chi connectivity index (χ2v) is 4.87. The molecule has 2 heterocycles.